The van der Waals surface area contributed by atoms with Crippen LogP contribution < -0.4 is 0 Å². The Morgan fingerprint density at radius 2 is 2.00 bits per heavy atom. The highest BCUT2D eigenvalue weighted by molar-refractivity contribution is 6.20. The van der Waals surface area contributed by atoms with Gasteiger partial charge in [-0.25, -0.2) is 0 Å². The van der Waals surface area contributed by atoms with Gasteiger partial charge < -0.3 is 4.42 Å². The van der Waals surface area contributed by atoms with Gasteiger partial charge in [-0.2, -0.15) is 0 Å². The van der Waals surface area contributed by atoms with E-state index in [1.54, 1.807) is 12.4 Å². The molecular formula is C13H14ClNO. The van der Waals surface area contributed by atoms with Crippen LogP contribution in [0.15, 0.2) is 41.1 Å². The van der Waals surface area contributed by atoms with E-state index in [0.29, 0.717) is 0 Å². The summed E-state index contributed by atoms with van der Waals surface area (Å²) in [5.41, 5.74) is 1.17. The molecule has 2 heterocycles. The summed E-state index contributed by atoms with van der Waals surface area (Å²) < 4.78 is 5.62. The highest BCUT2D eigenvalue weighted by Gasteiger charge is 2.12. The lowest BCUT2D eigenvalue weighted by molar-refractivity contribution is 0.464. The van der Waals surface area contributed by atoms with Crippen LogP contribution in [-0.4, -0.2) is 4.98 Å². The first-order valence-corrected chi connectivity index (χ1v) is 5.85. The Bertz CT molecular complexity index is 438. The number of aryl methyl sites for hydroxylation is 1. The zero-order valence-corrected chi connectivity index (χ0v) is 9.95. The lowest BCUT2D eigenvalue weighted by Gasteiger charge is -2.06. The summed E-state index contributed by atoms with van der Waals surface area (Å²) in [5.74, 6) is 1.82. The third kappa shape index (κ3) is 2.64. The largest absolute Gasteiger partial charge is 0.465 e. The summed E-state index contributed by atoms with van der Waals surface area (Å²) in [6.07, 6.45) is 5.22. The van der Waals surface area contributed by atoms with Crippen molar-refractivity contribution in [2.75, 3.05) is 0 Å². The first kappa shape index (κ1) is 11.2. The van der Waals surface area contributed by atoms with Crippen LogP contribution in [0.4, 0.5) is 0 Å². The molecule has 0 radical (unpaired) electrons. The lowest BCUT2D eigenvalue weighted by atomic mass is 10.1. The van der Waals surface area contributed by atoms with Crippen molar-refractivity contribution < 1.29 is 4.42 Å². The van der Waals surface area contributed by atoms with E-state index in [0.717, 1.165) is 24.4 Å². The average Bonchev–Trinajstić information content (AvgIpc) is 2.79. The SMILES string of the molecule is CCc1ccc(C(Cl)Cc2ccncc2)o1. The van der Waals surface area contributed by atoms with Gasteiger partial charge in [0.05, 0.1) is 5.38 Å². The zero-order valence-electron chi connectivity index (χ0n) is 9.19. The van der Waals surface area contributed by atoms with Crippen LogP contribution in [0.5, 0.6) is 0 Å². The molecule has 84 valence electrons. The van der Waals surface area contributed by atoms with Gasteiger partial charge in [0, 0.05) is 18.8 Å². The second kappa shape index (κ2) is 5.17. The Morgan fingerprint density at radius 3 is 2.62 bits per heavy atom. The topological polar surface area (TPSA) is 26.0 Å². The van der Waals surface area contributed by atoms with E-state index in [2.05, 4.69) is 11.9 Å². The minimum Gasteiger partial charge on any atom is -0.465 e. The van der Waals surface area contributed by atoms with Gasteiger partial charge in [-0.1, -0.05) is 6.92 Å². The van der Waals surface area contributed by atoms with Crippen molar-refractivity contribution in [3.05, 3.63) is 53.7 Å². The van der Waals surface area contributed by atoms with E-state index in [9.17, 15) is 0 Å². The monoisotopic (exact) mass is 235 g/mol. The number of pyridine rings is 1. The number of halogens is 1. The van der Waals surface area contributed by atoms with E-state index < -0.39 is 0 Å². The normalized spacial score (nSPS) is 12.6. The minimum absolute atomic E-state index is 0.109. The number of aromatic nitrogens is 1. The van der Waals surface area contributed by atoms with Crippen LogP contribution in [0.25, 0.3) is 0 Å². The van der Waals surface area contributed by atoms with E-state index in [4.69, 9.17) is 16.0 Å². The van der Waals surface area contributed by atoms with Crippen molar-refractivity contribution in [2.45, 2.75) is 25.1 Å². The smallest absolute Gasteiger partial charge is 0.122 e. The van der Waals surface area contributed by atoms with Crippen molar-refractivity contribution in [1.82, 2.24) is 4.98 Å². The fourth-order valence-corrected chi connectivity index (χ4v) is 1.87. The fourth-order valence-electron chi connectivity index (χ4n) is 1.58. The molecule has 2 rings (SSSR count). The van der Waals surface area contributed by atoms with Gasteiger partial charge in [0.1, 0.15) is 11.5 Å². The van der Waals surface area contributed by atoms with Crippen LogP contribution in [0.1, 0.15) is 29.4 Å². The quantitative estimate of drug-likeness (QED) is 0.755. The van der Waals surface area contributed by atoms with Crippen molar-refractivity contribution in [3.8, 4) is 0 Å². The number of hydrogen-bond acceptors (Lipinski definition) is 2. The Balaban J connectivity index is 2.05. The van der Waals surface area contributed by atoms with Gasteiger partial charge in [0.25, 0.3) is 0 Å². The molecule has 0 N–H and O–H groups in total. The first-order valence-electron chi connectivity index (χ1n) is 5.41. The van der Waals surface area contributed by atoms with Crippen LogP contribution in [0.2, 0.25) is 0 Å². The maximum Gasteiger partial charge on any atom is 0.122 e. The van der Waals surface area contributed by atoms with Crippen LogP contribution in [-0.2, 0) is 12.8 Å². The summed E-state index contributed by atoms with van der Waals surface area (Å²) in [4.78, 5) is 3.98. The molecule has 0 aliphatic rings. The predicted molar refractivity (Wildman–Crippen MR) is 64.6 cm³/mol. The Hall–Kier alpha value is -1.28. The maximum absolute atomic E-state index is 6.30. The molecular weight excluding hydrogens is 222 g/mol. The highest BCUT2D eigenvalue weighted by atomic mass is 35.5. The van der Waals surface area contributed by atoms with Gasteiger partial charge >= 0.3 is 0 Å². The maximum atomic E-state index is 6.30. The van der Waals surface area contributed by atoms with Gasteiger partial charge in [0.2, 0.25) is 0 Å². The molecule has 2 aromatic heterocycles. The number of alkyl halides is 1. The first-order chi connectivity index (χ1) is 7.79. The van der Waals surface area contributed by atoms with Crippen LogP contribution in [0, 0.1) is 0 Å². The minimum atomic E-state index is -0.109. The Labute approximate surface area is 100 Å². The Morgan fingerprint density at radius 1 is 1.25 bits per heavy atom. The summed E-state index contributed by atoms with van der Waals surface area (Å²) in [6, 6.07) is 7.88. The average molecular weight is 236 g/mol. The molecule has 0 aliphatic carbocycles. The van der Waals surface area contributed by atoms with Gasteiger partial charge in [-0.3, -0.25) is 4.98 Å². The molecule has 2 nitrogen and oxygen atoms in total. The van der Waals surface area contributed by atoms with Crippen LogP contribution >= 0.6 is 11.6 Å². The summed E-state index contributed by atoms with van der Waals surface area (Å²) in [6.45, 7) is 2.06. The molecule has 2 aromatic rings. The molecule has 0 saturated heterocycles. The van der Waals surface area contributed by atoms with Gasteiger partial charge in [-0.15, -0.1) is 11.6 Å². The molecule has 1 atom stereocenters. The summed E-state index contributed by atoms with van der Waals surface area (Å²) >= 11 is 6.30. The second-order valence-electron chi connectivity index (χ2n) is 3.68. The lowest BCUT2D eigenvalue weighted by Crippen LogP contribution is -1.94. The van der Waals surface area contributed by atoms with Crippen molar-refractivity contribution in [1.29, 1.82) is 0 Å². The molecule has 0 amide bonds. The predicted octanol–water partition coefficient (Wildman–Crippen LogP) is 3.76. The second-order valence-corrected chi connectivity index (χ2v) is 4.21. The highest BCUT2D eigenvalue weighted by Crippen LogP contribution is 2.26. The molecule has 0 saturated carbocycles. The molecule has 1 unspecified atom stereocenters. The van der Waals surface area contributed by atoms with Crippen molar-refractivity contribution >= 4 is 11.6 Å². The van der Waals surface area contributed by atoms with E-state index in [1.165, 1.54) is 5.56 Å². The molecule has 0 bridgehead atoms. The molecule has 16 heavy (non-hydrogen) atoms. The molecule has 0 fully saturated rings. The van der Waals surface area contributed by atoms with Crippen LogP contribution in [0.3, 0.4) is 0 Å². The number of furan rings is 1. The molecule has 0 aromatic carbocycles. The van der Waals surface area contributed by atoms with Crippen molar-refractivity contribution in [3.63, 3.8) is 0 Å². The fraction of sp³-hybridized carbons (Fsp3) is 0.308. The van der Waals surface area contributed by atoms with E-state index in [-0.39, 0.29) is 5.38 Å². The number of nitrogens with zero attached hydrogens (tertiary/aromatic N) is 1. The van der Waals surface area contributed by atoms with Gasteiger partial charge in [0.15, 0.2) is 0 Å². The van der Waals surface area contributed by atoms with Gasteiger partial charge in [-0.05, 0) is 36.2 Å². The molecule has 3 heteroatoms. The number of rotatable bonds is 4. The molecule has 0 aliphatic heterocycles. The zero-order chi connectivity index (χ0) is 11.4. The number of hydrogen-bond donors (Lipinski definition) is 0. The third-order valence-corrected chi connectivity index (χ3v) is 2.87. The molecule has 0 spiro atoms. The third-order valence-electron chi connectivity index (χ3n) is 2.50. The van der Waals surface area contributed by atoms with E-state index in [1.807, 2.05) is 24.3 Å². The Kier molecular flexibility index (Phi) is 3.62. The summed E-state index contributed by atoms with van der Waals surface area (Å²) in [7, 11) is 0. The van der Waals surface area contributed by atoms with Crippen molar-refractivity contribution in [2.24, 2.45) is 0 Å². The van der Waals surface area contributed by atoms with E-state index >= 15 is 0 Å². The summed E-state index contributed by atoms with van der Waals surface area (Å²) in [5, 5.41) is -0.109. The standard InChI is InChI=1S/C13H14ClNO/c1-2-11-3-4-13(16-11)12(14)9-10-5-7-15-8-6-10/h3-8,12H,2,9H2,1H3.